The summed E-state index contributed by atoms with van der Waals surface area (Å²) in [5, 5.41) is 12.4. The third-order valence-electron chi connectivity index (χ3n) is 7.08. The van der Waals surface area contributed by atoms with Gasteiger partial charge < -0.3 is 14.4 Å². The van der Waals surface area contributed by atoms with Crippen molar-refractivity contribution in [3.63, 3.8) is 0 Å². The topological polar surface area (TPSA) is 118 Å². The van der Waals surface area contributed by atoms with Gasteiger partial charge in [0.1, 0.15) is 10.6 Å². The quantitative estimate of drug-likeness (QED) is 0.188. The van der Waals surface area contributed by atoms with E-state index in [1.165, 1.54) is 40.1 Å². The summed E-state index contributed by atoms with van der Waals surface area (Å²) in [5.41, 5.74) is 4.17. The Labute approximate surface area is 240 Å². The van der Waals surface area contributed by atoms with E-state index in [4.69, 9.17) is 17.0 Å². The zero-order valence-corrected chi connectivity index (χ0v) is 23.8. The largest absolute Gasteiger partial charge is 0.478 e. The summed E-state index contributed by atoms with van der Waals surface area (Å²) in [6, 6.07) is 7.52. The van der Waals surface area contributed by atoms with E-state index in [2.05, 4.69) is 5.32 Å². The fraction of sp³-hybridized carbons (Fsp3) is 0.276. The molecule has 1 fully saturated rings. The average Bonchev–Trinajstić information content (AvgIpc) is 3.42. The van der Waals surface area contributed by atoms with E-state index in [9.17, 15) is 24.3 Å². The van der Waals surface area contributed by atoms with Crippen LogP contribution in [0, 0.1) is 13.8 Å². The van der Waals surface area contributed by atoms with Gasteiger partial charge in [-0.25, -0.2) is 9.59 Å². The number of hydrogen-bond acceptors (Lipinski definition) is 7. The summed E-state index contributed by atoms with van der Waals surface area (Å²) in [7, 11) is 0. The molecule has 0 unspecified atom stereocenters. The molecule has 9 nitrogen and oxygen atoms in total. The van der Waals surface area contributed by atoms with E-state index in [1.807, 2.05) is 24.5 Å². The Kier molecular flexibility index (Phi) is 7.43. The molecule has 1 saturated heterocycles. The number of hydrogen-bond donors (Lipinski definition) is 2. The average molecular weight is 578 g/mol. The number of carbonyl (C=O) groups is 4. The number of carbonyl (C=O) groups excluding carboxylic acids is 3. The van der Waals surface area contributed by atoms with Crippen LogP contribution in [0.25, 0.3) is 11.1 Å². The molecule has 3 aromatic rings. The maximum atomic E-state index is 13.5. The van der Waals surface area contributed by atoms with E-state index in [-0.39, 0.29) is 28.8 Å². The van der Waals surface area contributed by atoms with Gasteiger partial charge in [0.15, 0.2) is 5.11 Å². The first-order valence-electron chi connectivity index (χ1n) is 12.9. The molecule has 2 aromatic heterocycles. The van der Waals surface area contributed by atoms with Gasteiger partial charge in [-0.3, -0.25) is 19.8 Å². The van der Waals surface area contributed by atoms with E-state index >= 15 is 0 Å². The van der Waals surface area contributed by atoms with Crippen LogP contribution in [-0.4, -0.2) is 45.1 Å². The van der Waals surface area contributed by atoms with Gasteiger partial charge in [-0.15, -0.1) is 11.3 Å². The normalized spacial score (nSPS) is 16.2. The molecule has 2 N–H and O–H groups in total. The van der Waals surface area contributed by atoms with Crippen LogP contribution in [0.4, 0.5) is 5.69 Å². The molecule has 0 saturated carbocycles. The smallest absolute Gasteiger partial charge is 0.341 e. The van der Waals surface area contributed by atoms with Gasteiger partial charge in [-0.05, 0) is 106 Å². The van der Waals surface area contributed by atoms with Crippen LogP contribution in [0.15, 0.2) is 35.9 Å². The molecule has 2 amide bonds. The molecule has 206 valence electrons. The van der Waals surface area contributed by atoms with Crippen LogP contribution >= 0.6 is 23.6 Å². The number of aromatic carboxylic acids is 1. The summed E-state index contributed by atoms with van der Waals surface area (Å²) < 4.78 is 7.42. The highest BCUT2D eigenvalue weighted by Gasteiger charge is 2.35. The number of fused-ring (bicyclic) bond motifs is 1. The second kappa shape index (κ2) is 10.8. The predicted molar refractivity (Wildman–Crippen MR) is 155 cm³/mol. The third-order valence-corrected chi connectivity index (χ3v) is 8.64. The molecular weight excluding hydrogens is 550 g/mol. The van der Waals surface area contributed by atoms with E-state index in [0.29, 0.717) is 16.8 Å². The van der Waals surface area contributed by atoms with Crippen molar-refractivity contribution in [2.45, 2.75) is 46.5 Å². The minimum Gasteiger partial charge on any atom is -0.478 e. The van der Waals surface area contributed by atoms with Crippen molar-refractivity contribution in [3.8, 4) is 5.00 Å². The zero-order valence-electron chi connectivity index (χ0n) is 22.2. The van der Waals surface area contributed by atoms with Crippen molar-refractivity contribution in [2.75, 3.05) is 11.5 Å². The second-order valence-corrected chi connectivity index (χ2v) is 11.1. The minimum atomic E-state index is -1.10. The van der Waals surface area contributed by atoms with Crippen molar-refractivity contribution in [2.24, 2.45) is 0 Å². The maximum absolute atomic E-state index is 13.5. The molecular formula is C29H27N3O6S2. The molecule has 0 bridgehead atoms. The fourth-order valence-corrected chi connectivity index (χ4v) is 6.94. The number of aryl methyl sites for hydroxylation is 2. The Hall–Kier alpha value is -4.09. The number of esters is 1. The molecule has 0 atom stereocenters. The standard InChI is InChI=1S/C29H27N3O6S2/c1-4-38-28(37)23-20-7-5-6-8-22(20)40-26(23)31-15(2)13-18(16(31)3)14-21-24(33)30-29(39)32(25(21)34)19-11-9-17(10-12-19)27(35)36/h9-14H,4-8H2,1-3H3,(H,35,36)(H,30,33,39)/b21-14+. The minimum absolute atomic E-state index is 0.0591. The second-order valence-electron chi connectivity index (χ2n) is 9.58. The van der Waals surface area contributed by atoms with Gasteiger partial charge in [0.25, 0.3) is 11.8 Å². The summed E-state index contributed by atoms with van der Waals surface area (Å²) >= 11 is 6.85. The van der Waals surface area contributed by atoms with E-state index in [1.54, 1.807) is 18.3 Å². The number of ether oxygens (including phenoxy) is 1. The number of thiophene rings is 1. The number of thiocarbonyl (C=S) groups is 1. The van der Waals surface area contributed by atoms with E-state index < -0.39 is 17.8 Å². The molecule has 0 spiro atoms. The lowest BCUT2D eigenvalue weighted by atomic mass is 9.95. The highest BCUT2D eigenvalue weighted by atomic mass is 32.1. The number of carboxylic acid groups (broad SMARTS) is 1. The highest BCUT2D eigenvalue weighted by molar-refractivity contribution is 7.80. The number of carboxylic acids is 1. The lowest BCUT2D eigenvalue weighted by Crippen LogP contribution is -2.54. The zero-order chi connectivity index (χ0) is 28.7. The van der Waals surface area contributed by atoms with Crippen LogP contribution in [0.2, 0.25) is 0 Å². The predicted octanol–water partition coefficient (Wildman–Crippen LogP) is 4.74. The monoisotopic (exact) mass is 577 g/mol. The summed E-state index contributed by atoms with van der Waals surface area (Å²) in [5.74, 6) is -2.69. The molecule has 1 aromatic carbocycles. The van der Waals surface area contributed by atoms with E-state index in [0.717, 1.165) is 47.6 Å². The van der Waals surface area contributed by atoms with Crippen molar-refractivity contribution < 1.29 is 29.0 Å². The molecule has 40 heavy (non-hydrogen) atoms. The van der Waals surface area contributed by atoms with Crippen molar-refractivity contribution in [3.05, 3.63) is 74.4 Å². The third kappa shape index (κ3) is 4.75. The first-order valence-corrected chi connectivity index (χ1v) is 14.1. The first-order chi connectivity index (χ1) is 19.1. The highest BCUT2D eigenvalue weighted by Crippen LogP contribution is 2.39. The van der Waals surface area contributed by atoms with Gasteiger partial charge in [-0.1, -0.05) is 0 Å². The number of nitrogens with one attached hydrogen (secondary N) is 1. The molecule has 5 rings (SSSR count). The number of benzene rings is 1. The Morgan fingerprint density at radius 1 is 1.15 bits per heavy atom. The van der Waals surface area contributed by atoms with Crippen molar-refractivity contribution in [1.29, 1.82) is 0 Å². The Bertz CT molecular complexity index is 1610. The molecule has 3 heterocycles. The summed E-state index contributed by atoms with van der Waals surface area (Å²) in [4.78, 5) is 53.1. The van der Waals surface area contributed by atoms with Crippen LogP contribution in [-0.2, 0) is 27.2 Å². The number of anilines is 1. The van der Waals surface area contributed by atoms with Crippen LogP contribution in [0.5, 0.6) is 0 Å². The van der Waals surface area contributed by atoms with Crippen LogP contribution < -0.4 is 10.2 Å². The van der Waals surface area contributed by atoms with Gasteiger partial charge in [0.2, 0.25) is 0 Å². The maximum Gasteiger partial charge on any atom is 0.341 e. The van der Waals surface area contributed by atoms with Gasteiger partial charge >= 0.3 is 11.9 Å². The van der Waals surface area contributed by atoms with Gasteiger partial charge in [0, 0.05) is 16.3 Å². The first kappa shape index (κ1) is 27.5. The lowest BCUT2D eigenvalue weighted by molar-refractivity contribution is -0.122. The number of nitrogens with zero attached hydrogens (tertiary/aromatic N) is 2. The number of rotatable bonds is 6. The van der Waals surface area contributed by atoms with Crippen molar-refractivity contribution in [1.82, 2.24) is 9.88 Å². The Balaban J connectivity index is 1.56. The fourth-order valence-electron chi connectivity index (χ4n) is 5.17. The van der Waals surface area contributed by atoms with Crippen LogP contribution in [0.1, 0.15) is 67.9 Å². The Morgan fingerprint density at radius 2 is 1.85 bits per heavy atom. The molecule has 2 aliphatic rings. The summed E-state index contributed by atoms with van der Waals surface area (Å²) in [6.07, 6.45) is 5.36. The molecule has 0 radical (unpaired) electrons. The van der Waals surface area contributed by atoms with Crippen LogP contribution in [0.3, 0.4) is 0 Å². The molecule has 11 heteroatoms. The summed E-state index contributed by atoms with van der Waals surface area (Å²) in [6.45, 7) is 5.86. The lowest BCUT2D eigenvalue weighted by Gasteiger charge is -2.29. The number of amides is 2. The number of aromatic nitrogens is 1. The van der Waals surface area contributed by atoms with Gasteiger partial charge in [0.05, 0.1) is 23.4 Å². The SMILES string of the molecule is CCOC(=O)c1c(-n2c(C)cc(/C=C3\C(=O)NC(=S)N(c4ccc(C(=O)O)cc4)C3=O)c2C)sc2c1CCCC2. The molecule has 1 aliphatic carbocycles. The van der Waals surface area contributed by atoms with Gasteiger partial charge in [-0.2, -0.15) is 0 Å². The van der Waals surface area contributed by atoms with Crippen molar-refractivity contribution >= 4 is 64.2 Å². The Morgan fingerprint density at radius 3 is 2.52 bits per heavy atom. The molecule has 1 aliphatic heterocycles.